The van der Waals surface area contributed by atoms with Gasteiger partial charge in [0, 0.05) is 26.1 Å². The monoisotopic (exact) mass is 213 g/mol. The fourth-order valence-electron chi connectivity index (χ4n) is 2.25. The lowest BCUT2D eigenvalue weighted by atomic mass is 9.84. The van der Waals surface area contributed by atoms with Gasteiger partial charge >= 0.3 is 0 Å². The predicted octanol–water partition coefficient (Wildman–Crippen LogP) is 0.230. The average molecular weight is 213 g/mol. The standard InChI is InChI=1S/C11H23N3O/c1-13-11(15)6-7-14-10-5-3-2-4-9(10)8-12/h9-10,14H,2-8,12H2,1H3,(H,13,15). The molecule has 4 nitrogen and oxygen atoms in total. The molecule has 1 saturated carbocycles. The van der Waals surface area contributed by atoms with Crippen LogP contribution in [0.1, 0.15) is 32.1 Å². The SMILES string of the molecule is CNC(=O)CCNC1CCCCC1CN. The molecule has 0 aromatic rings. The zero-order chi connectivity index (χ0) is 11.1. The number of nitrogens with two attached hydrogens (primary N) is 1. The average Bonchev–Trinajstić information content (AvgIpc) is 2.29. The number of hydrogen-bond acceptors (Lipinski definition) is 3. The molecule has 88 valence electrons. The Hall–Kier alpha value is -0.610. The zero-order valence-electron chi connectivity index (χ0n) is 9.59. The molecule has 0 aliphatic heterocycles. The first-order chi connectivity index (χ1) is 7.27. The second-order valence-electron chi connectivity index (χ2n) is 4.26. The molecular formula is C11H23N3O. The van der Waals surface area contributed by atoms with Crippen molar-refractivity contribution in [3.63, 3.8) is 0 Å². The van der Waals surface area contributed by atoms with Crippen molar-refractivity contribution in [1.29, 1.82) is 0 Å². The molecule has 0 aromatic carbocycles. The Bertz CT molecular complexity index is 196. The highest BCUT2D eigenvalue weighted by atomic mass is 16.1. The van der Waals surface area contributed by atoms with E-state index in [4.69, 9.17) is 5.73 Å². The third-order valence-corrected chi connectivity index (χ3v) is 3.25. The van der Waals surface area contributed by atoms with Gasteiger partial charge in [0.25, 0.3) is 0 Å². The normalized spacial score (nSPS) is 26.3. The van der Waals surface area contributed by atoms with E-state index in [9.17, 15) is 4.79 Å². The van der Waals surface area contributed by atoms with E-state index >= 15 is 0 Å². The summed E-state index contributed by atoms with van der Waals surface area (Å²) in [6, 6.07) is 0.522. The predicted molar refractivity (Wildman–Crippen MR) is 61.5 cm³/mol. The van der Waals surface area contributed by atoms with Gasteiger partial charge in [0.2, 0.25) is 5.91 Å². The quantitative estimate of drug-likeness (QED) is 0.612. The Balaban J connectivity index is 2.20. The number of nitrogens with one attached hydrogen (secondary N) is 2. The topological polar surface area (TPSA) is 67.2 Å². The Morgan fingerprint density at radius 3 is 2.80 bits per heavy atom. The molecule has 0 radical (unpaired) electrons. The number of carbonyl (C=O) groups excluding carboxylic acids is 1. The molecule has 4 heteroatoms. The minimum Gasteiger partial charge on any atom is -0.359 e. The number of rotatable bonds is 5. The Labute approximate surface area is 92.0 Å². The van der Waals surface area contributed by atoms with E-state index < -0.39 is 0 Å². The van der Waals surface area contributed by atoms with E-state index in [1.807, 2.05) is 0 Å². The smallest absolute Gasteiger partial charge is 0.221 e. The Morgan fingerprint density at radius 1 is 1.40 bits per heavy atom. The van der Waals surface area contributed by atoms with Crippen LogP contribution in [-0.4, -0.2) is 32.1 Å². The van der Waals surface area contributed by atoms with Gasteiger partial charge in [-0.2, -0.15) is 0 Å². The van der Waals surface area contributed by atoms with Crippen molar-refractivity contribution < 1.29 is 4.79 Å². The maximum atomic E-state index is 11.0. The highest BCUT2D eigenvalue weighted by molar-refractivity contribution is 5.75. The lowest BCUT2D eigenvalue weighted by molar-refractivity contribution is -0.120. The van der Waals surface area contributed by atoms with Crippen LogP contribution < -0.4 is 16.4 Å². The van der Waals surface area contributed by atoms with Gasteiger partial charge in [-0.25, -0.2) is 0 Å². The molecule has 2 unspecified atom stereocenters. The summed E-state index contributed by atoms with van der Waals surface area (Å²) in [7, 11) is 1.67. The zero-order valence-corrected chi connectivity index (χ0v) is 9.59. The second-order valence-corrected chi connectivity index (χ2v) is 4.26. The molecular weight excluding hydrogens is 190 g/mol. The van der Waals surface area contributed by atoms with Crippen LogP contribution in [0.15, 0.2) is 0 Å². The first kappa shape index (κ1) is 12.5. The summed E-state index contributed by atoms with van der Waals surface area (Å²) in [4.78, 5) is 11.0. The maximum absolute atomic E-state index is 11.0. The minimum absolute atomic E-state index is 0.0996. The van der Waals surface area contributed by atoms with Crippen LogP contribution in [0.5, 0.6) is 0 Å². The van der Waals surface area contributed by atoms with Crippen LogP contribution in [0.25, 0.3) is 0 Å². The van der Waals surface area contributed by atoms with Gasteiger partial charge < -0.3 is 16.4 Å². The molecule has 1 aliphatic carbocycles. The van der Waals surface area contributed by atoms with E-state index in [0.717, 1.165) is 13.1 Å². The van der Waals surface area contributed by atoms with Gasteiger partial charge in [0.15, 0.2) is 0 Å². The molecule has 1 fully saturated rings. The molecule has 4 N–H and O–H groups in total. The molecule has 0 saturated heterocycles. The van der Waals surface area contributed by atoms with Crippen LogP contribution in [0, 0.1) is 5.92 Å². The van der Waals surface area contributed by atoms with Crippen molar-refractivity contribution in [3.8, 4) is 0 Å². The lowest BCUT2D eigenvalue weighted by Crippen LogP contribution is -2.43. The molecule has 0 bridgehead atoms. The Morgan fingerprint density at radius 2 is 2.13 bits per heavy atom. The lowest BCUT2D eigenvalue weighted by Gasteiger charge is -2.31. The van der Waals surface area contributed by atoms with Crippen molar-refractivity contribution in [2.75, 3.05) is 20.1 Å². The molecule has 1 aliphatic rings. The molecule has 2 atom stereocenters. The highest BCUT2D eigenvalue weighted by Gasteiger charge is 2.23. The van der Waals surface area contributed by atoms with Crippen LogP contribution >= 0.6 is 0 Å². The van der Waals surface area contributed by atoms with Crippen LogP contribution in [0.4, 0.5) is 0 Å². The van der Waals surface area contributed by atoms with E-state index in [1.165, 1.54) is 25.7 Å². The van der Waals surface area contributed by atoms with Crippen molar-refractivity contribution >= 4 is 5.91 Å². The first-order valence-electron chi connectivity index (χ1n) is 5.92. The fourth-order valence-corrected chi connectivity index (χ4v) is 2.25. The van der Waals surface area contributed by atoms with E-state index in [2.05, 4.69) is 10.6 Å². The molecule has 0 spiro atoms. The minimum atomic E-state index is 0.0996. The summed E-state index contributed by atoms with van der Waals surface area (Å²) < 4.78 is 0. The van der Waals surface area contributed by atoms with Crippen molar-refractivity contribution in [1.82, 2.24) is 10.6 Å². The van der Waals surface area contributed by atoms with E-state index in [1.54, 1.807) is 7.05 Å². The molecule has 1 rings (SSSR count). The third kappa shape index (κ3) is 4.18. The largest absolute Gasteiger partial charge is 0.359 e. The molecule has 1 amide bonds. The summed E-state index contributed by atoms with van der Waals surface area (Å²) in [5.74, 6) is 0.700. The van der Waals surface area contributed by atoms with Gasteiger partial charge in [0.1, 0.15) is 0 Å². The highest BCUT2D eigenvalue weighted by Crippen LogP contribution is 2.23. The molecule has 15 heavy (non-hydrogen) atoms. The Kier molecular flexibility index (Phi) is 5.65. The third-order valence-electron chi connectivity index (χ3n) is 3.25. The van der Waals surface area contributed by atoms with Gasteiger partial charge in [-0.1, -0.05) is 12.8 Å². The van der Waals surface area contributed by atoms with E-state index in [0.29, 0.717) is 18.4 Å². The van der Waals surface area contributed by atoms with Crippen molar-refractivity contribution in [3.05, 3.63) is 0 Å². The van der Waals surface area contributed by atoms with Crippen LogP contribution in [0.3, 0.4) is 0 Å². The fraction of sp³-hybridized carbons (Fsp3) is 0.909. The number of carbonyl (C=O) groups is 1. The van der Waals surface area contributed by atoms with Crippen molar-refractivity contribution in [2.24, 2.45) is 11.7 Å². The van der Waals surface area contributed by atoms with Crippen molar-refractivity contribution in [2.45, 2.75) is 38.1 Å². The molecule has 0 aromatic heterocycles. The van der Waals surface area contributed by atoms with Gasteiger partial charge in [0.05, 0.1) is 0 Å². The van der Waals surface area contributed by atoms with Crippen LogP contribution in [-0.2, 0) is 4.79 Å². The second kappa shape index (κ2) is 6.80. The summed E-state index contributed by atoms with van der Waals surface area (Å²) in [6.07, 6.45) is 5.58. The summed E-state index contributed by atoms with van der Waals surface area (Å²) in [6.45, 7) is 1.53. The van der Waals surface area contributed by atoms with Gasteiger partial charge in [-0.05, 0) is 25.3 Å². The summed E-state index contributed by atoms with van der Waals surface area (Å²) in [5, 5.41) is 6.07. The first-order valence-corrected chi connectivity index (χ1v) is 5.92. The van der Waals surface area contributed by atoms with Gasteiger partial charge in [-0.3, -0.25) is 4.79 Å². The number of hydrogen-bond donors (Lipinski definition) is 3. The summed E-state index contributed by atoms with van der Waals surface area (Å²) >= 11 is 0. The van der Waals surface area contributed by atoms with Crippen LogP contribution in [0.2, 0.25) is 0 Å². The maximum Gasteiger partial charge on any atom is 0.221 e. The molecule has 0 heterocycles. The number of amides is 1. The van der Waals surface area contributed by atoms with E-state index in [-0.39, 0.29) is 5.91 Å². The summed E-state index contributed by atoms with van der Waals surface area (Å²) in [5.41, 5.74) is 5.73. The van der Waals surface area contributed by atoms with Gasteiger partial charge in [-0.15, -0.1) is 0 Å².